The summed E-state index contributed by atoms with van der Waals surface area (Å²) in [4.78, 5) is 25.4. The highest BCUT2D eigenvalue weighted by Gasteiger charge is 2.28. The van der Waals surface area contributed by atoms with Gasteiger partial charge in [-0.2, -0.15) is 0 Å². The molecule has 8 heteroatoms. The Hall–Kier alpha value is -2.64. The minimum atomic E-state index is -0.465. The van der Waals surface area contributed by atoms with Gasteiger partial charge in [0.05, 0.1) is 21.7 Å². The molecule has 2 aromatic rings. The Morgan fingerprint density at radius 2 is 1.97 bits per heavy atom. The molecule has 1 unspecified atom stereocenters. The second kappa shape index (κ2) is 8.62. The van der Waals surface area contributed by atoms with E-state index in [1.54, 1.807) is 6.07 Å². The van der Waals surface area contributed by atoms with Gasteiger partial charge in [-0.1, -0.05) is 23.7 Å². The summed E-state index contributed by atoms with van der Waals surface area (Å²) in [5.74, 6) is -0.111. The molecule has 1 saturated heterocycles. The van der Waals surface area contributed by atoms with Gasteiger partial charge in [0.1, 0.15) is 0 Å². The van der Waals surface area contributed by atoms with Crippen LogP contribution in [0.1, 0.15) is 30.4 Å². The first-order chi connectivity index (χ1) is 14.4. The fourth-order valence-electron chi connectivity index (χ4n) is 4.37. The SMILES string of the molecule is O=C(Nc1cccc2c1CC(O)CC2)C1CCN(c2ccc([N+](=O)[O-])cc2Cl)CC1. The summed E-state index contributed by atoms with van der Waals surface area (Å²) in [6.45, 7) is 1.31. The van der Waals surface area contributed by atoms with E-state index >= 15 is 0 Å². The fraction of sp³-hybridized carbons (Fsp3) is 0.409. The van der Waals surface area contributed by atoms with Crippen LogP contribution in [0.15, 0.2) is 36.4 Å². The molecule has 1 aliphatic carbocycles. The number of aryl methyl sites for hydroxylation is 1. The lowest BCUT2D eigenvalue weighted by atomic mass is 9.88. The molecule has 1 heterocycles. The van der Waals surface area contributed by atoms with Crippen molar-refractivity contribution in [1.29, 1.82) is 0 Å². The number of hydrogen-bond acceptors (Lipinski definition) is 5. The molecule has 4 rings (SSSR count). The molecule has 2 aliphatic rings. The van der Waals surface area contributed by atoms with Gasteiger partial charge in [0, 0.05) is 43.2 Å². The molecule has 2 aromatic carbocycles. The predicted octanol–water partition coefficient (Wildman–Crippen LogP) is 3.95. The van der Waals surface area contributed by atoms with Crippen molar-refractivity contribution < 1.29 is 14.8 Å². The predicted molar refractivity (Wildman–Crippen MR) is 116 cm³/mol. The summed E-state index contributed by atoms with van der Waals surface area (Å²) < 4.78 is 0. The van der Waals surface area contributed by atoms with E-state index in [-0.39, 0.29) is 23.6 Å². The number of benzene rings is 2. The van der Waals surface area contributed by atoms with Crippen molar-refractivity contribution in [2.75, 3.05) is 23.3 Å². The number of nitrogens with zero attached hydrogens (tertiary/aromatic N) is 2. The van der Waals surface area contributed by atoms with Crippen LogP contribution < -0.4 is 10.2 Å². The van der Waals surface area contributed by atoms with Gasteiger partial charge in [0.2, 0.25) is 5.91 Å². The first-order valence-electron chi connectivity index (χ1n) is 10.2. The number of piperidine rings is 1. The molecule has 0 saturated carbocycles. The molecule has 30 heavy (non-hydrogen) atoms. The van der Waals surface area contributed by atoms with Crippen LogP contribution in [0, 0.1) is 16.0 Å². The molecule has 7 nitrogen and oxygen atoms in total. The molecule has 2 N–H and O–H groups in total. The summed E-state index contributed by atoms with van der Waals surface area (Å²) in [6, 6.07) is 10.4. The highest BCUT2D eigenvalue weighted by atomic mass is 35.5. The van der Waals surface area contributed by atoms with E-state index in [9.17, 15) is 20.0 Å². The Kier molecular flexibility index (Phi) is 5.92. The normalized spacial score (nSPS) is 19.3. The third-order valence-electron chi connectivity index (χ3n) is 6.07. The van der Waals surface area contributed by atoms with E-state index in [1.165, 1.54) is 17.7 Å². The van der Waals surface area contributed by atoms with Crippen LogP contribution in [-0.2, 0) is 17.6 Å². The molecule has 1 aliphatic heterocycles. The highest BCUT2D eigenvalue weighted by Crippen LogP contribution is 2.33. The van der Waals surface area contributed by atoms with Gasteiger partial charge in [-0.05, 0) is 48.9 Å². The van der Waals surface area contributed by atoms with Gasteiger partial charge >= 0.3 is 0 Å². The van der Waals surface area contributed by atoms with Gasteiger partial charge in [0.15, 0.2) is 0 Å². The van der Waals surface area contributed by atoms with E-state index in [0.29, 0.717) is 37.4 Å². The van der Waals surface area contributed by atoms with Gasteiger partial charge in [-0.3, -0.25) is 14.9 Å². The maximum absolute atomic E-state index is 12.9. The zero-order valence-corrected chi connectivity index (χ0v) is 17.3. The number of nitrogens with one attached hydrogen (secondary N) is 1. The van der Waals surface area contributed by atoms with E-state index in [2.05, 4.69) is 16.3 Å². The van der Waals surface area contributed by atoms with Crippen LogP contribution in [0.3, 0.4) is 0 Å². The fourth-order valence-corrected chi connectivity index (χ4v) is 4.66. The van der Waals surface area contributed by atoms with Crippen LogP contribution in [0.2, 0.25) is 5.02 Å². The van der Waals surface area contributed by atoms with Crippen LogP contribution in [0.25, 0.3) is 0 Å². The highest BCUT2D eigenvalue weighted by molar-refractivity contribution is 6.33. The van der Waals surface area contributed by atoms with E-state index in [1.807, 2.05) is 12.1 Å². The standard InChI is InChI=1S/C22H24ClN3O4/c23-19-12-16(26(29)30)5-7-21(19)25-10-8-15(9-11-25)22(28)24-20-3-1-2-14-4-6-17(27)13-18(14)20/h1-3,5,7,12,15,17,27H,4,6,8-11,13H2,(H,24,28). The lowest BCUT2D eigenvalue weighted by Crippen LogP contribution is -2.38. The molecule has 0 bridgehead atoms. The van der Waals surface area contributed by atoms with Crippen LogP contribution in [0.4, 0.5) is 17.1 Å². The maximum atomic E-state index is 12.9. The molecular formula is C22H24ClN3O4. The number of nitro groups is 1. The summed E-state index contributed by atoms with van der Waals surface area (Å²) in [5, 5.41) is 24.3. The number of anilines is 2. The summed E-state index contributed by atoms with van der Waals surface area (Å²) >= 11 is 6.25. The van der Waals surface area contributed by atoms with E-state index in [4.69, 9.17) is 11.6 Å². The van der Waals surface area contributed by atoms with Gasteiger partial charge in [-0.15, -0.1) is 0 Å². The second-order valence-corrected chi connectivity index (χ2v) is 8.39. The maximum Gasteiger partial charge on any atom is 0.271 e. The van der Waals surface area contributed by atoms with Crippen molar-refractivity contribution in [3.63, 3.8) is 0 Å². The Labute approximate surface area is 179 Å². The smallest absolute Gasteiger partial charge is 0.271 e. The molecule has 0 radical (unpaired) electrons. The number of aliphatic hydroxyl groups excluding tert-OH is 1. The summed E-state index contributed by atoms with van der Waals surface area (Å²) in [7, 11) is 0. The van der Waals surface area contributed by atoms with Crippen molar-refractivity contribution in [1.82, 2.24) is 0 Å². The number of nitro benzene ring substituents is 1. The van der Waals surface area contributed by atoms with Crippen molar-refractivity contribution in [2.24, 2.45) is 5.92 Å². The number of halogens is 1. The zero-order chi connectivity index (χ0) is 21.3. The molecule has 0 spiro atoms. The minimum Gasteiger partial charge on any atom is -0.393 e. The number of carbonyl (C=O) groups is 1. The van der Waals surface area contributed by atoms with Crippen LogP contribution >= 0.6 is 11.6 Å². The Balaban J connectivity index is 1.39. The average Bonchev–Trinajstić information content (AvgIpc) is 2.74. The molecule has 158 valence electrons. The van der Waals surface area contributed by atoms with Crippen molar-refractivity contribution >= 4 is 34.6 Å². The molecular weight excluding hydrogens is 406 g/mol. The number of non-ortho nitro benzene ring substituents is 1. The lowest BCUT2D eigenvalue weighted by Gasteiger charge is -2.33. The van der Waals surface area contributed by atoms with Crippen molar-refractivity contribution in [3.05, 3.63) is 62.7 Å². The minimum absolute atomic E-state index is 0.00194. The third kappa shape index (κ3) is 4.27. The van der Waals surface area contributed by atoms with Gasteiger partial charge in [0.25, 0.3) is 5.69 Å². The monoisotopic (exact) mass is 429 g/mol. The number of amides is 1. The van der Waals surface area contributed by atoms with E-state index in [0.717, 1.165) is 29.8 Å². The van der Waals surface area contributed by atoms with Gasteiger partial charge < -0.3 is 15.3 Å². The Bertz CT molecular complexity index is 973. The number of hydrogen-bond donors (Lipinski definition) is 2. The Morgan fingerprint density at radius 1 is 1.20 bits per heavy atom. The summed E-state index contributed by atoms with van der Waals surface area (Å²) in [5.41, 5.74) is 3.76. The Morgan fingerprint density at radius 3 is 2.67 bits per heavy atom. The largest absolute Gasteiger partial charge is 0.393 e. The van der Waals surface area contributed by atoms with Gasteiger partial charge in [-0.25, -0.2) is 0 Å². The van der Waals surface area contributed by atoms with Crippen molar-refractivity contribution in [3.8, 4) is 0 Å². The summed E-state index contributed by atoms with van der Waals surface area (Å²) in [6.07, 6.45) is 3.16. The number of rotatable bonds is 4. The number of fused-ring (bicyclic) bond motifs is 1. The molecule has 1 fully saturated rings. The number of aliphatic hydroxyl groups is 1. The zero-order valence-electron chi connectivity index (χ0n) is 16.5. The van der Waals surface area contributed by atoms with Crippen LogP contribution in [0.5, 0.6) is 0 Å². The lowest BCUT2D eigenvalue weighted by molar-refractivity contribution is -0.384. The molecule has 0 aromatic heterocycles. The molecule has 1 amide bonds. The van der Waals surface area contributed by atoms with Crippen LogP contribution in [-0.4, -0.2) is 35.1 Å². The number of carbonyl (C=O) groups excluding carboxylic acids is 1. The quantitative estimate of drug-likeness (QED) is 0.566. The average molecular weight is 430 g/mol. The van der Waals surface area contributed by atoms with E-state index < -0.39 is 4.92 Å². The first kappa shape index (κ1) is 20.6. The first-order valence-corrected chi connectivity index (χ1v) is 10.6. The van der Waals surface area contributed by atoms with Crippen molar-refractivity contribution in [2.45, 2.75) is 38.2 Å². The molecule has 1 atom stereocenters. The topological polar surface area (TPSA) is 95.7 Å². The third-order valence-corrected chi connectivity index (χ3v) is 6.37. The second-order valence-electron chi connectivity index (χ2n) is 7.98.